The van der Waals surface area contributed by atoms with Gasteiger partial charge in [-0.15, -0.1) is 11.8 Å². The number of Topliss-reactive ketones (excluding diaryl/α,β-unsaturated/α-hetero) is 4. The van der Waals surface area contributed by atoms with Crippen LogP contribution in [0.3, 0.4) is 0 Å². The van der Waals surface area contributed by atoms with Crippen LogP contribution in [0.15, 0.2) is 0 Å². The summed E-state index contributed by atoms with van der Waals surface area (Å²) in [6.07, 6.45) is -3.10. The number of thioether (sulfide) groups is 1. The van der Waals surface area contributed by atoms with Gasteiger partial charge in [-0.3, -0.25) is 24.0 Å². The fourth-order valence-electron chi connectivity index (χ4n) is 3.62. The second kappa shape index (κ2) is 7.99. The molecule has 1 rings (SSSR count). The van der Waals surface area contributed by atoms with Gasteiger partial charge in [-0.2, -0.15) is 0 Å². The van der Waals surface area contributed by atoms with Crippen molar-refractivity contribution in [2.24, 2.45) is 0 Å². The van der Waals surface area contributed by atoms with Crippen LogP contribution in [0.4, 0.5) is 0 Å². The topological polar surface area (TPSA) is 186 Å². The molecule has 5 N–H and O–H groups in total. The summed E-state index contributed by atoms with van der Waals surface area (Å²) in [5, 5.41) is 49.3. The highest BCUT2D eigenvalue weighted by Gasteiger charge is 2.78. The number of hydrogen-bond donors (Lipinski definition) is 5. The molecular weight excluding hydrogens is 396 g/mol. The van der Waals surface area contributed by atoms with Crippen molar-refractivity contribution >= 4 is 40.9 Å². The van der Waals surface area contributed by atoms with Gasteiger partial charge >= 0.3 is 5.97 Å². The second-order valence-corrected chi connectivity index (χ2v) is 8.29. The molecule has 1 aliphatic rings. The van der Waals surface area contributed by atoms with E-state index >= 15 is 0 Å². The third-order valence-electron chi connectivity index (χ3n) is 5.20. The van der Waals surface area contributed by atoms with Crippen LogP contribution in [-0.4, -0.2) is 88.0 Å². The van der Waals surface area contributed by atoms with Crippen LogP contribution in [0.2, 0.25) is 0 Å². The van der Waals surface area contributed by atoms with Gasteiger partial charge in [-0.25, -0.2) is 0 Å². The lowest BCUT2D eigenvalue weighted by molar-refractivity contribution is -0.235. The average Bonchev–Trinajstić information content (AvgIpc) is 2.57. The lowest BCUT2D eigenvalue weighted by Crippen LogP contribution is -2.85. The first-order valence-corrected chi connectivity index (χ1v) is 9.30. The first kappa shape index (κ1) is 24.4. The Kier molecular flexibility index (Phi) is 6.96. The molecule has 1 aliphatic heterocycles. The van der Waals surface area contributed by atoms with E-state index in [1.807, 2.05) is 0 Å². The van der Waals surface area contributed by atoms with E-state index in [1.54, 1.807) is 0 Å². The number of carbonyl (C=O) groups excluding carboxylic acids is 4. The fourth-order valence-corrected chi connectivity index (χ4v) is 5.64. The summed E-state index contributed by atoms with van der Waals surface area (Å²) >= 11 is 0.412. The van der Waals surface area contributed by atoms with Crippen molar-refractivity contribution in [1.82, 2.24) is 0 Å². The van der Waals surface area contributed by atoms with Crippen LogP contribution in [0.5, 0.6) is 0 Å². The highest BCUT2D eigenvalue weighted by molar-refractivity contribution is 8.00. The molecular formula is C17H24O10S. The van der Waals surface area contributed by atoms with Crippen LogP contribution in [-0.2, 0) is 24.0 Å². The summed E-state index contributed by atoms with van der Waals surface area (Å²) < 4.78 is 0. The zero-order valence-electron chi connectivity index (χ0n) is 15.8. The van der Waals surface area contributed by atoms with Crippen LogP contribution in [0.1, 0.15) is 40.5 Å². The largest absolute Gasteiger partial charge is 0.481 e. The van der Waals surface area contributed by atoms with Gasteiger partial charge in [0.2, 0.25) is 0 Å². The third kappa shape index (κ3) is 3.30. The molecule has 10 nitrogen and oxygen atoms in total. The molecule has 28 heavy (non-hydrogen) atoms. The Hall–Kier alpha value is -1.66. The van der Waals surface area contributed by atoms with Gasteiger partial charge in [-0.1, -0.05) is 0 Å². The smallest absolute Gasteiger partial charge is 0.303 e. The summed E-state index contributed by atoms with van der Waals surface area (Å²) in [5.41, 5.74) is -9.67. The SMILES string of the molecule is CC(=O)C(O)[C@H]1S[C@H](CCC(=O)O)[C@](O)(C(C)=O)[C@](O)(C(C)=O)[C@@]1(O)C(C)=O. The van der Waals surface area contributed by atoms with Gasteiger partial charge in [-0.05, 0) is 34.1 Å². The monoisotopic (exact) mass is 420 g/mol. The van der Waals surface area contributed by atoms with Crippen LogP contribution >= 0.6 is 11.8 Å². The number of ketones is 4. The Morgan fingerprint density at radius 2 is 1.36 bits per heavy atom. The third-order valence-corrected chi connectivity index (χ3v) is 7.00. The Morgan fingerprint density at radius 1 is 0.893 bits per heavy atom. The number of aliphatic hydroxyl groups is 4. The number of hydrogen-bond acceptors (Lipinski definition) is 10. The van der Waals surface area contributed by atoms with Crippen LogP contribution in [0, 0.1) is 0 Å². The van der Waals surface area contributed by atoms with Crippen molar-refractivity contribution in [2.75, 3.05) is 0 Å². The predicted molar refractivity (Wildman–Crippen MR) is 95.6 cm³/mol. The molecule has 1 unspecified atom stereocenters. The van der Waals surface area contributed by atoms with Crippen molar-refractivity contribution < 1.29 is 49.5 Å². The molecule has 0 spiro atoms. The van der Waals surface area contributed by atoms with E-state index in [0.717, 1.165) is 27.7 Å². The standard InChI is InChI=1S/C17H24O10S/c1-7(18)13(24)14-16(26,9(3)20)17(27,10(4)21)15(25,8(2)19)11(28-14)5-6-12(22)23/h11,13-14,24-27H,5-6H2,1-4H3,(H,22,23)/t11-,13?,14-,15-,16-,17-/m1/s1. The Morgan fingerprint density at radius 3 is 1.68 bits per heavy atom. The van der Waals surface area contributed by atoms with Crippen molar-refractivity contribution in [3.63, 3.8) is 0 Å². The van der Waals surface area contributed by atoms with Gasteiger partial charge in [0.1, 0.15) is 6.10 Å². The number of rotatable bonds is 8. The maximum atomic E-state index is 12.4. The molecule has 11 heteroatoms. The molecule has 0 amide bonds. The molecule has 1 saturated heterocycles. The fraction of sp³-hybridized carbons (Fsp3) is 0.706. The number of aliphatic hydroxyl groups excluding tert-OH is 1. The minimum Gasteiger partial charge on any atom is -0.481 e. The van der Waals surface area contributed by atoms with Gasteiger partial charge in [0.05, 0.1) is 5.25 Å². The summed E-state index contributed by atoms with van der Waals surface area (Å²) in [4.78, 5) is 59.8. The van der Waals surface area contributed by atoms with E-state index in [1.165, 1.54) is 0 Å². The van der Waals surface area contributed by atoms with Crippen molar-refractivity contribution in [3.05, 3.63) is 0 Å². The molecule has 158 valence electrons. The van der Waals surface area contributed by atoms with E-state index in [0.29, 0.717) is 11.8 Å². The minimum absolute atomic E-state index is 0.412. The highest BCUT2D eigenvalue weighted by Crippen LogP contribution is 2.54. The summed E-state index contributed by atoms with van der Waals surface area (Å²) in [5.74, 6) is -6.03. The van der Waals surface area contributed by atoms with E-state index in [-0.39, 0.29) is 0 Å². The summed E-state index contributed by atoms with van der Waals surface area (Å²) in [6.45, 7) is 3.25. The second-order valence-electron chi connectivity index (χ2n) is 6.94. The predicted octanol–water partition coefficient (Wildman–Crippen LogP) is -1.75. The number of carboxylic acids is 1. The maximum absolute atomic E-state index is 12.4. The molecule has 0 bridgehead atoms. The molecule has 1 fully saturated rings. The van der Waals surface area contributed by atoms with Gasteiger partial charge in [0, 0.05) is 11.7 Å². The van der Waals surface area contributed by atoms with Crippen molar-refractivity contribution in [3.8, 4) is 0 Å². The molecule has 0 aromatic carbocycles. The highest BCUT2D eigenvalue weighted by atomic mass is 32.2. The number of carboxylic acid groups (broad SMARTS) is 1. The van der Waals surface area contributed by atoms with E-state index in [9.17, 15) is 44.4 Å². The van der Waals surface area contributed by atoms with Gasteiger partial charge < -0.3 is 25.5 Å². The van der Waals surface area contributed by atoms with Crippen LogP contribution in [0.25, 0.3) is 0 Å². The molecule has 1 heterocycles. The normalized spacial score (nSPS) is 36.4. The summed E-state index contributed by atoms with van der Waals surface area (Å²) in [7, 11) is 0. The quantitative estimate of drug-likeness (QED) is 0.299. The molecule has 0 aromatic rings. The van der Waals surface area contributed by atoms with Crippen molar-refractivity contribution in [2.45, 2.75) is 73.9 Å². The Balaban J connectivity index is 3.87. The lowest BCUT2D eigenvalue weighted by Gasteiger charge is -2.58. The first-order valence-electron chi connectivity index (χ1n) is 8.36. The van der Waals surface area contributed by atoms with E-state index in [4.69, 9.17) is 5.11 Å². The summed E-state index contributed by atoms with van der Waals surface area (Å²) in [6, 6.07) is 0. The van der Waals surface area contributed by atoms with E-state index in [2.05, 4.69) is 0 Å². The lowest BCUT2D eigenvalue weighted by atomic mass is 9.61. The number of carbonyl (C=O) groups is 5. The molecule has 0 aromatic heterocycles. The van der Waals surface area contributed by atoms with Crippen molar-refractivity contribution in [1.29, 1.82) is 0 Å². The maximum Gasteiger partial charge on any atom is 0.303 e. The Labute approximate surface area is 164 Å². The average molecular weight is 420 g/mol. The zero-order valence-corrected chi connectivity index (χ0v) is 16.6. The number of aliphatic carboxylic acids is 1. The molecule has 0 radical (unpaired) electrons. The first-order chi connectivity index (χ1) is 12.6. The molecule has 6 atom stereocenters. The van der Waals surface area contributed by atoms with Crippen LogP contribution < -0.4 is 0 Å². The molecule has 0 aliphatic carbocycles. The molecule has 0 saturated carbocycles. The Bertz CT molecular complexity index is 721. The zero-order chi connectivity index (χ0) is 22.2. The van der Waals surface area contributed by atoms with Gasteiger partial charge in [0.15, 0.2) is 39.9 Å². The van der Waals surface area contributed by atoms with Gasteiger partial charge in [0.25, 0.3) is 0 Å². The van der Waals surface area contributed by atoms with E-state index < -0.39 is 75.4 Å². The minimum atomic E-state index is -3.42.